The van der Waals surface area contributed by atoms with Gasteiger partial charge in [-0.2, -0.15) is 0 Å². The topological polar surface area (TPSA) is 28.2 Å². The average molecular weight is 231 g/mol. The molecule has 0 aromatic carbocycles. The van der Waals surface area contributed by atoms with E-state index in [4.69, 9.17) is 0 Å². The maximum Gasteiger partial charge on any atom is 0.0397 e. The Bertz CT molecular complexity index is 351. The molecule has 1 N–H and O–H groups in total. The minimum Gasteiger partial charge on any atom is -0.371 e. The van der Waals surface area contributed by atoms with Gasteiger partial charge >= 0.3 is 0 Å². The zero-order valence-electron chi connectivity index (χ0n) is 10.4. The first-order chi connectivity index (χ1) is 8.38. The second-order valence-electron chi connectivity index (χ2n) is 5.51. The number of hydrogen-bond acceptors (Lipinski definition) is 3. The third-order valence-electron chi connectivity index (χ3n) is 4.25. The fourth-order valence-electron chi connectivity index (χ4n) is 3.36. The van der Waals surface area contributed by atoms with E-state index in [-0.39, 0.29) is 0 Å². The lowest BCUT2D eigenvalue weighted by atomic mass is 9.74. The highest BCUT2D eigenvalue weighted by atomic mass is 15.2. The van der Waals surface area contributed by atoms with Crippen molar-refractivity contribution in [3.8, 4) is 0 Å². The van der Waals surface area contributed by atoms with Crippen LogP contribution in [0.4, 0.5) is 5.69 Å². The molecule has 17 heavy (non-hydrogen) atoms. The van der Waals surface area contributed by atoms with Crippen LogP contribution < -0.4 is 10.2 Å². The maximum absolute atomic E-state index is 4.11. The van der Waals surface area contributed by atoms with Crippen LogP contribution in [0, 0.1) is 5.41 Å². The lowest BCUT2D eigenvalue weighted by Gasteiger charge is -2.46. The number of nitrogens with one attached hydrogen (secondary N) is 1. The van der Waals surface area contributed by atoms with E-state index in [9.17, 15) is 0 Å². The fourth-order valence-corrected chi connectivity index (χ4v) is 3.36. The van der Waals surface area contributed by atoms with E-state index in [1.165, 1.54) is 57.5 Å². The van der Waals surface area contributed by atoms with Crippen LogP contribution >= 0.6 is 0 Å². The summed E-state index contributed by atoms with van der Waals surface area (Å²) in [6, 6.07) is 4.27. The molecule has 0 saturated carbocycles. The summed E-state index contributed by atoms with van der Waals surface area (Å²) in [5, 5.41) is 3.58. The van der Waals surface area contributed by atoms with Crippen LogP contribution in [-0.4, -0.2) is 31.2 Å². The van der Waals surface area contributed by atoms with Gasteiger partial charge in [-0.25, -0.2) is 0 Å². The first-order valence-corrected chi connectivity index (χ1v) is 6.74. The molecule has 2 saturated heterocycles. The molecule has 1 aromatic rings. The van der Waals surface area contributed by atoms with E-state index >= 15 is 0 Å². The molecule has 1 unspecified atom stereocenters. The van der Waals surface area contributed by atoms with Crippen LogP contribution in [0.25, 0.3) is 0 Å². The number of pyridine rings is 1. The SMILES string of the molecule is c1cc(N2CCCC3(CCCNC3)C2)ccn1. The number of nitrogens with zero attached hydrogens (tertiary/aromatic N) is 2. The fraction of sp³-hybridized carbons (Fsp3) is 0.643. The first kappa shape index (κ1) is 11.0. The van der Waals surface area contributed by atoms with Gasteiger partial charge in [-0.3, -0.25) is 4.98 Å². The molecule has 0 amide bonds. The van der Waals surface area contributed by atoms with Crippen molar-refractivity contribution in [1.82, 2.24) is 10.3 Å². The van der Waals surface area contributed by atoms with Crippen molar-refractivity contribution in [2.24, 2.45) is 5.41 Å². The number of hydrogen-bond donors (Lipinski definition) is 1. The van der Waals surface area contributed by atoms with Crippen molar-refractivity contribution < 1.29 is 0 Å². The van der Waals surface area contributed by atoms with Crippen molar-refractivity contribution in [3.63, 3.8) is 0 Å². The Kier molecular flexibility index (Phi) is 3.02. The maximum atomic E-state index is 4.11. The summed E-state index contributed by atoms with van der Waals surface area (Å²) in [6.07, 6.45) is 9.24. The van der Waals surface area contributed by atoms with Crippen molar-refractivity contribution >= 4 is 5.69 Å². The molecule has 2 aliphatic rings. The predicted molar refractivity (Wildman–Crippen MR) is 70.2 cm³/mol. The Morgan fingerprint density at radius 2 is 2.00 bits per heavy atom. The summed E-state index contributed by atoms with van der Waals surface area (Å²) >= 11 is 0. The highest BCUT2D eigenvalue weighted by molar-refractivity contribution is 5.45. The van der Waals surface area contributed by atoms with E-state index < -0.39 is 0 Å². The molecule has 2 aliphatic heterocycles. The molecule has 1 spiro atoms. The minimum atomic E-state index is 0.528. The number of rotatable bonds is 1. The molecule has 0 radical (unpaired) electrons. The molecule has 3 heterocycles. The van der Waals surface area contributed by atoms with Crippen LogP contribution in [0.1, 0.15) is 25.7 Å². The molecule has 0 aliphatic carbocycles. The van der Waals surface area contributed by atoms with Crippen LogP contribution in [-0.2, 0) is 0 Å². The Morgan fingerprint density at radius 3 is 2.76 bits per heavy atom. The van der Waals surface area contributed by atoms with Crippen LogP contribution in [0.3, 0.4) is 0 Å². The van der Waals surface area contributed by atoms with Crippen molar-refractivity contribution in [3.05, 3.63) is 24.5 Å². The van der Waals surface area contributed by atoms with Crippen LogP contribution in [0.15, 0.2) is 24.5 Å². The van der Waals surface area contributed by atoms with Gasteiger partial charge in [0.15, 0.2) is 0 Å². The van der Waals surface area contributed by atoms with Gasteiger partial charge in [0, 0.05) is 43.1 Å². The first-order valence-electron chi connectivity index (χ1n) is 6.74. The van der Waals surface area contributed by atoms with Gasteiger partial charge in [-0.15, -0.1) is 0 Å². The molecule has 2 fully saturated rings. The second kappa shape index (κ2) is 4.65. The molecule has 3 nitrogen and oxygen atoms in total. The molecule has 1 aromatic heterocycles. The lowest BCUT2D eigenvalue weighted by Crippen LogP contribution is -2.51. The van der Waals surface area contributed by atoms with E-state index in [1.54, 1.807) is 0 Å². The van der Waals surface area contributed by atoms with Gasteiger partial charge in [0.2, 0.25) is 0 Å². The zero-order chi connectivity index (χ0) is 11.6. The zero-order valence-corrected chi connectivity index (χ0v) is 10.4. The number of anilines is 1. The monoisotopic (exact) mass is 231 g/mol. The number of aromatic nitrogens is 1. The van der Waals surface area contributed by atoms with Gasteiger partial charge in [-0.1, -0.05) is 0 Å². The minimum absolute atomic E-state index is 0.528. The van der Waals surface area contributed by atoms with E-state index in [1.807, 2.05) is 12.4 Å². The second-order valence-corrected chi connectivity index (χ2v) is 5.51. The highest BCUT2D eigenvalue weighted by Gasteiger charge is 2.36. The van der Waals surface area contributed by atoms with Crippen molar-refractivity contribution in [2.75, 3.05) is 31.1 Å². The van der Waals surface area contributed by atoms with Crippen LogP contribution in [0.2, 0.25) is 0 Å². The smallest absolute Gasteiger partial charge is 0.0397 e. The Hall–Kier alpha value is -1.09. The molecule has 3 heteroatoms. The predicted octanol–water partition coefficient (Wildman–Crippen LogP) is 2.05. The van der Waals surface area contributed by atoms with Gasteiger partial charge < -0.3 is 10.2 Å². The molecule has 3 rings (SSSR count). The van der Waals surface area contributed by atoms with Gasteiger partial charge in [0.25, 0.3) is 0 Å². The molecule has 92 valence electrons. The third-order valence-corrected chi connectivity index (χ3v) is 4.25. The Labute approximate surface area is 103 Å². The molecule has 0 bridgehead atoms. The molecular weight excluding hydrogens is 210 g/mol. The standard InChI is InChI=1S/C14H21N3/c1-5-14(11-16-7-1)6-2-10-17(12-14)13-3-8-15-9-4-13/h3-4,8-9,16H,1-2,5-7,10-12H2. The Balaban J connectivity index is 1.75. The molecule has 1 atom stereocenters. The highest BCUT2D eigenvalue weighted by Crippen LogP contribution is 2.37. The van der Waals surface area contributed by atoms with Gasteiger partial charge in [-0.05, 0) is 44.4 Å². The summed E-state index contributed by atoms with van der Waals surface area (Å²) in [4.78, 5) is 6.65. The Morgan fingerprint density at radius 1 is 1.18 bits per heavy atom. The van der Waals surface area contributed by atoms with Gasteiger partial charge in [0.1, 0.15) is 0 Å². The molecular formula is C14H21N3. The van der Waals surface area contributed by atoms with Crippen LogP contribution in [0.5, 0.6) is 0 Å². The van der Waals surface area contributed by atoms with E-state index in [0.717, 1.165) is 0 Å². The van der Waals surface area contributed by atoms with Crippen molar-refractivity contribution in [1.29, 1.82) is 0 Å². The summed E-state index contributed by atoms with van der Waals surface area (Å²) < 4.78 is 0. The largest absolute Gasteiger partial charge is 0.371 e. The lowest BCUT2D eigenvalue weighted by molar-refractivity contribution is 0.173. The van der Waals surface area contributed by atoms with Gasteiger partial charge in [0.05, 0.1) is 0 Å². The summed E-state index contributed by atoms with van der Waals surface area (Å²) in [5.41, 5.74) is 1.87. The van der Waals surface area contributed by atoms with E-state index in [0.29, 0.717) is 5.41 Å². The quantitative estimate of drug-likeness (QED) is 0.802. The summed E-state index contributed by atoms with van der Waals surface area (Å²) in [7, 11) is 0. The summed E-state index contributed by atoms with van der Waals surface area (Å²) in [6.45, 7) is 4.82. The normalized spacial score (nSPS) is 29.5. The third kappa shape index (κ3) is 2.29. The summed E-state index contributed by atoms with van der Waals surface area (Å²) in [5.74, 6) is 0. The average Bonchev–Trinajstić information content (AvgIpc) is 2.41. The van der Waals surface area contributed by atoms with Crippen molar-refractivity contribution in [2.45, 2.75) is 25.7 Å². The van der Waals surface area contributed by atoms with E-state index in [2.05, 4.69) is 27.3 Å². The number of piperidine rings is 2.